The fourth-order valence-corrected chi connectivity index (χ4v) is 1.71. The average Bonchev–Trinajstić information content (AvgIpc) is 2.51. The Hall–Kier alpha value is -0.110. The molecule has 2 heteroatoms. The zero-order valence-corrected chi connectivity index (χ0v) is 5.44. The molecule has 1 aliphatic heterocycles. The maximum atomic E-state index is 12.6. The van der Waals surface area contributed by atoms with Gasteiger partial charge in [0.1, 0.15) is 6.17 Å². The van der Waals surface area contributed by atoms with Gasteiger partial charge in [0.25, 0.3) is 0 Å². The fourth-order valence-electron chi connectivity index (χ4n) is 1.71. The Morgan fingerprint density at radius 2 is 2.22 bits per heavy atom. The molecule has 1 nitrogen and oxygen atoms in total. The third kappa shape index (κ3) is 0.855. The molecule has 1 saturated carbocycles. The number of halogens is 1. The van der Waals surface area contributed by atoms with Crippen molar-refractivity contribution in [3.8, 4) is 0 Å². The highest BCUT2D eigenvalue weighted by Crippen LogP contribution is 2.40. The van der Waals surface area contributed by atoms with Crippen molar-refractivity contribution in [3.63, 3.8) is 0 Å². The SMILES string of the molecule is F[C@H]1[C@@H]2CCCCN[C@H]12. The zero-order valence-electron chi connectivity index (χ0n) is 5.44. The fraction of sp³-hybridized carbons (Fsp3) is 1.00. The number of rotatable bonds is 0. The van der Waals surface area contributed by atoms with E-state index < -0.39 is 6.17 Å². The Morgan fingerprint density at radius 3 is 3.11 bits per heavy atom. The number of hydrogen-bond donors (Lipinski definition) is 1. The van der Waals surface area contributed by atoms with Gasteiger partial charge in [0.15, 0.2) is 0 Å². The molecule has 1 heterocycles. The summed E-state index contributed by atoms with van der Waals surface area (Å²) in [6.45, 7) is 1.03. The molecule has 9 heavy (non-hydrogen) atoms. The second-order valence-electron chi connectivity index (χ2n) is 3.08. The molecule has 0 spiro atoms. The molecule has 0 bridgehead atoms. The van der Waals surface area contributed by atoms with Crippen LogP contribution in [0.1, 0.15) is 19.3 Å². The molecule has 52 valence electrons. The van der Waals surface area contributed by atoms with Crippen molar-refractivity contribution >= 4 is 0 Å². The summed E-state index contributed by atoms with van der Waals surface area (Å²) in [5.41, 5.74) is 0. The van der Waals surface area contributed by atoms with E-state index in [0.717, 1.165) is 13.0 Å². The van der Waals surface area contributed by atoms with Crippen LogP contribution in [0.2, 0.25) is 0 Å². The molecule has 2 rings (SSSR count). The van der Waals surface area contributed by atoms with Gasteiger partial charge in [-0.2, -0.15) is 0 Å². The topological polar surface area (TPSA) is 12.0 Å². The monoisotopic (exact) mass is 129 g/mol. The van der Waals surface area contributed by atoms with Crippen LogP contribution in [0.25, 0.3) is 0 Å². The normalized spacial score (nSPS) is 49.7. The summed E-state index contributed by atoms with van der Waals surface area (Å²) in [7, 11) is 0. The summed E-state index contributed by atoms with van der Waals surface area (Å²) >= 11 is 0. The molecule has 1 aliphatic carbocycles. The number of fused-ring (bicyclic) bond motifs is 1. The lowest BCUT2D eigenvalue weighted by Gasteiger charge is -1.96. The minimum absolute atomic E-state index is 0.243. The van der Waals surface area contributed by atoms with Crippen molar-refractivity contribution in [2.45, 2.75) is 31.5 Å². The van der Waals surface area contributed by atoms with Crippen LogP contribution in [0.5, 0.6) is 0 Å². The van der Waals surface area contributed by atoms with Crippen LogP contribution in [0.15, 0.2) is 0 Å². The third-order valence-electron chi connectivity index (χ3n) is 2.42. The van der Waals surface area contributed by atoms with Crippen LogP contribution in [0.3, 0.4) is 0 Å². The Kier molecular flexibility index (Phi) is 1.22. The molecule has 0 radical (unpaired) electrons. The maximum absolute atomic E-state index is 12.6. The van der Waals surface area contributed by atoms with E-state index in [0.29, 0.717) is 5.92 Å². The first-order chi connectivity index (χ1) is 4.39. The van der Waals surface area contributed by atoms with E-state index in [1.807, 2.05) is 0 Å². The number of nitrogens with one attached hydrogen (secondary N) is 1. The summed E-state index contributed by atoms with van der Waals surface area (Å²) in [5.74, 6) is 0.382. The zero-order chi connectivity index (χ0) is 6.27. The summed E-state index contributed by atoms with van der Waals surface area (Å²) in [6.07, 6.45) is 3.05. The van der Waals surface area contributed by atoms with Gasteiger partial charge in [0, 0.05) is 12.0 Å². The van der Waals surface area contributed by atoms with Gasteiger partial charge in [0.05, 0.1) is 0 Å². The van der Waals surface area contributed by atoms with Crippen molar-refractivity contribution in [3.05, 3.63) is 0 Å². The van der Waals surface area contributed by atoms with E-state index in [1.54, 1.807) is 0 Å². The van der Waals surface area contributed by atoms with Crippen molar-refractivity contribution in [2.75, 3.05) is 6.54 Å². The lowest BCUT2D eigenvalue weighted by atomic mass is 10.2. The van der Waals surface area contributed by atoms with Gasteiger partial charge in [-0.05, 0) is 19.4 Å². The first-order valence-corrected chi connectivity index (χ1v) is 3.77. The average molecular weight is 129 g/mol. The summed E-state index contributed by atoms with van der Waals surface area (Å²) in [5, 5.41) is 3.19. The summed E-state index contributed by atoms with van der Waals surface area (Å²) < 4.78 is 12.6. The molecular formula is C7H12FN. The van der Waals surface area contributed by atoms with E-state index in [2.05, 4.69) is 5.32 Å². The molecule has 0 amide bonds. The standard InChI is InChI=1S/C7H12FN/c8-6-5-3-1-2-4-9-7(5)6/h5-7,9H,1-4H2/t5-,6-,7-/m0/s1. The highest BCUT2D eigenvalue weighted by Gasteiger charge is 2.50. The molecule has 0 aromatic heterocycles. The molecular weight excluding hydrogens is 117 g/mol. The van der Waals surface area contributed by atoms with Gasteiger partial charge in [-0.1, -0.05) is 6.42 Å². The molecule has 3 atom stereocenters. The Balaban J connectivity index is 1.93. The lowest BCUT2D eigenvalue weighted by Crippen LogP contribution is -2.19. The largest absolute Gasteiger partial charge is 0.311 e. The van der Waals surface area contributed by atoms with Crippen LogP contribution >= 0.6 is 0 Å². The Labute approximate surface area is 54.6 Å². The van der Waals surface area contributed by atoms with Crippen LogP contribution < -0.4 is 5.32 Å². The minimum Gasteiger partial charge on any atom is -0.311 e. The molecule has 2 fully saturated rings. The van der Waals surface area contributed by atoms with Crippen LogP contribution in [0.4, 0.5) is 4.39 Å². The first-order valence-electron chi connectivity index (χ1n) is 3.77. The van der Waals surface area contributed by atoms with Crippen molar-refractivity contribution in [1.82, 2.24) is 5.32 Å². The second kappa shape index (κ2) is 1.94. The summed E-state index contributed by atoms with van der Waals surface area (Å²) in [4.78, 5) is 0. The van der Waals surface area contributed by atoms with Gasteiger partial charge in [-0.25, -0.2) is 4.39 Å². The molecule has 0 aromatic carbocycles. The van der Waals surface area contributed by atoms with Crippen molar-refractivity contribution in [2.24, 2.45) is 5.92 Å². The quantitative estimate of drug-likeness (QED) is 0.516. The molecule has 0 unspecified atom stereocenters. The van der Waals surface area contributed by atoms with E-state index in [4.69, 9.17) is 0 Å². The third-order valence-corrected chi connectivity index (χ3v) is 2.42. The molecule has 0 aromatic rings. The number of hydrogen-bond acceptors (Lipinski definition) is 1. The first kappa shape index (κ1) is 5.66. The summed E-state index contributed by atoms with van der Waals surface area (Å²) in [6, 6.07) is 0.243. The van der Waals surface area contributed by atoms with Crippen LogP contribution in [0, 0.1) is 5.92 Å². The van der Waals surface area contributed by atoms with Gasteiger partial charge < -0.3 is 5.32 Å². The second-order valence-corrected chi connectivity index (χ2v) is 3.08. The van der Waals surface area contributed by atoms with Crippen LogP contribution in [-0.2, 0) is 0 Å². The van der Waals surface area contributed by atoms with Crippen molar-refractivity contribution in [1.29, 1.82) is 0 Å². The predicted octanol–water partition coefficient (Wildman–Crippen LogP) is 1.10. The van der Waals surface area contributed by atoms with E-state index in [-0.39, 0.29) is 6.04 Å². The molecule has 1 saturated heterocycles. The Bertz CT molecular complexity index is 103. The Morgan fingerprint density at radius 1 is 1.33 bits per heavy atom. The minimum atomic E-state index is -0.509. The van der Waals surface area contributed by atoms with Gasteiger partial charge >= 0.3 is 0 Å². The van der Waals surface area contributed by atoms with E-state index >= 15 is 0 Å². The predicted molar refractivity (Wildman–Crippen MR) is 34.0 cm³/mol. The van der Waals surface area contributed by atoms with Crippen LogP contribution in [-0.4, -0.2) is 18.8 Å². The molecule has 2 aliphatic rings. The van der Waals surface area contributed by atoms with Gasteiger partial charge in [-0.15, -0.1) is 0 Å². The van der Waals surface area contributed by atoms with E-state index in [9.17, 15) is 4.39 Å². The van der Waals surface area contributed by atoms with Crippen molar-refractivity contribution < 1.29 is 4.39 Å². The highest BCUT2D eigenvalue weighted by atomic mass is 19.1. The maximum Gasteiger partial charge on any atom is 0.120 e. The number of alkyl halides is 1. The molecule has 1 N–H and O–H groups in total. The smallest absolute Gasteiger partial charge is 0.120 e. The van der Waals surface area contributed by atoms with E-state index in [1.165, 1.54) is 12.8 Å². The lowest BCUT2D eigenvalue weighted by molar-refractivity contribution is 0.412. The van der Waals surface area contributed by atoms with Gasteiger partial charge in [-0.3, -0.25) is 0 Å². The highest BCUT2D eigenvalue weighted by molar-refractivity contribution is 5.04. The van der Waals surface area contributed by atoms with Gasteiger partial charge in [0.2, 0.25) is 0 Å².